The molecule has 5 heteroatoms. The molecule has 0 atom stereocenters. The van der Waals surface area contributed by atoms with Crippen molar-refractivity contribution >= 4 is 5.91 Å². The fraction of sp³-hybridized carbons (Fsp3) is 0.208. The van der Waals surface area contributed by atoms with Crippen LogP contribution in [-0.2, 0) is 6.54 Å². The average Bonchev–Trinajstić information content (AvgIpc) is 2.97. The van der Waals surface area contributed by atoms with Crippen LogP contribution in [-0.4, -0.2) is 29.5 Å². The van der Waals surface area contributed by atoms with E-state index in [-0.39, 0.29) is 5.91 Å². The molecule has 2 aromatic carbocycles. The summed E-state index contributed by atoms with van der Waals surface area (Å²) in [7, 11) is 3.50. The van der Waals surface area contributed by atoms with Gasteiger partial charge in [-0.25, -0.2) is 0 Å². The van der Waals surface area contributed by atoms with Gasteiger partial charge in [0.05, 0.1) is 23.3 Å². The highest BCUT2D eigenvalue weighted by molar-refractivity contribution is 5.97. The number of nitriles is 2. The quantitative estimate of drug-likeness (QED) is 0.676. The van der Waals surface area contributed by atoms with Crippen molar-refractivity contribution in [2.24, 2.45) is 0 Å². The zero-order valence-electron chi connectivity index (χ0n) is 17.0. The van der Waals surface area contributed by atoms with Gasteiger partial charge >= 0.3 is 0 Å². The minimum absolute atomic E-state index is 0.0564. The standard InChI is InChI=1S/C24H22N4O/c1-16-22(21-11-9-19(14-26)10-12-21)17(2)28(23(16)24(29)27(3)4)15-20-7-5-18(13-25)6-8-20/h5-12H,15H2,1-4H3. The number of rotatable bonds is 4. The number of carbonyl (C=O) groups excluding carboxylic acids is 1. The molecule has 0 unspecified atom stereocenters. The molecule has 0 aliphatic rings. The molecule has 0 spiro atoms. The Labute approximate surface area is 171 Å². The summed E-state index contributed by atoms with van der Waals surface area (Å²) in [6.45, 7) is 4.51. The van der Waals surface area contributed by atoms with Crippen LogP contribution in [0.25, 0.3) is 11.1 Å². The molecule has 29 heavy (non-hydrogen) atoms. The summed E-state index contributed by atoms with van der Waals surface area (Å²) in [4.78, 5) is 14.6. The number of carbonyl (C=O) groups is 1. The monoisotopic (exact) mass is 382 g/mol. The minimum atomic E-state index is -0.0564. The Morgan fingerprint density at radius 1 is 0.931 bits per heavy atom. The lowest BCUT2D eigenvalue weighted by atomic mass is 10.00. The van der Waals surface area contributed by atoms with E-state index in [0.29, 0.717) is 23.4 Å². The van der Waals surface area contributed by atoms with Gasteiger partial charge < -0.3 is 9.47 Å². The molecule has 1 aromatic heterocycles. The summed E-state index contributed by atoms with van der Waals surface area (Å²) >= 11 is 0. The zero-order valence-corrected chi connectivity index (χ0v) is 17.0. The molecule has 3 aromatic rings. The van der Waals surface area contributed by atoms with Crippen molar-refractivity contribution in [3.05, 3.63) is 82.2 Å². The van der Waals surface area contributed by atoms with Gasteiger partial charge in [0.25, 0.3) is 5.91 Å². The lowest BCUT2D eigenvalue weighted by Gasteiger charge is -2.16. The molecule has 0 bridgehead atoms. The van der Waals surface area contributed by atoms with Gasteiger partial charge in [0.2, 0.25) is 0 Å². The maximum atomic E-state index is 13.0. The molecule has 0 aliphatic carbocycles. The van der Waals surface area contributed by atoms with Crippen LogP contribution < -0.4 is 0 Å². The van der Waals surface area contributed by atoms with Gasteiger partial charge in [0.15, 0.2) is 0 Å². The summed E-state index contributed by atoms with van der Waals surface area (Å²) in [5.41, 5.74) is 6.76. The first-order valence-corrected chi connectivity index (χ1v) is 9.28. The lowest BCUT2D eigenvalue weighted by Crippen LogP contribution is -2.26. The third-order valence-corrected chi connectivity index (χ3v) is 5.10. The maximum absolute atomic E-state index is 13.0. The predicted molar refractivity (Wildman–Crippen MR) is 112 cm³/mol. The summed E-state index contributed by atoms with van der Waals surface area (Å²) in [6, 6.07) is 19.1. The van der Waals surface area contributed by atoms with E-state index in [4.69, 9.17) is 10.5 Å². The topological polar surface area (TPSA) is 72.8 Å². The van der Waals surface area contributed by atoms with Crippen LogP contribution in [0.5, 0.6) is 0 Å². The van der Waals surface area contributed by atoms with E-state index in [0.717, 1.165) is 27.9 Å². The molecule has 0 saturated carbocycles. The fourth-order valence-corrected chi connectivity index (χ4v) is 3.58. The van der Waals surface area contributed by atoms with Gasteiger partial charge in [0.1, 0.15) is 5.69 Å². The predicted octanol–water partition coefficient (Wildman–Crippen LogP) is 4.27. The van der Waals surface area contributed by atoms with Crippen molar-refractivity contribution in [3.63, 3.8) is 0 Å². The van der Waals surface area contributed by atoms with Crippen molar-refractivity contribution in [2.45, 2.75) is 20.4 Å². The van der Waals surface area contributed by atoms with Crippen LogP contribution in [0.4, 0.5) is 0 Å². The third kappa shape index (κ3) is 3.77. The second-order valence-electron chi connectivity index (χ2n) is 7.22. The lowest BCUT2D eigenvalue weighted by molar-refractivity contribution is 0.0816. The SMILES string of the molecule is Cc1c(-c2ccc(C#N)cc2)c(C)n(Cc2ccc(C#N)cc2)c1C(=O)N(C)C. The molecule has 0 saturated heterocycles. The largest absolute Gasteiger partial charge is 0.343 e. The van der Waals surface area contributed by atoms with E-state index in [2.05, 4.69) is 12.1 Å². The van der Waals surface area contributed by atoms with Gasteiger partial charge in [-0.2, -0.15) is 10.5 Å². The van der Waals surface area contributed by atoms with Crippen molar-refractivity contribution < 1.29 is 4.79 Å². The van der Waals surface area contributed by atoms with Gasteiger partial charge in [-0.3, -0.25) is 4.79 Å². The molecule has 0 fully saturated rings. The van der Waals surface area contributed by atoms with Crippen LogP contribution in [0.3, 0.4) is 0 Å². The number of benzene rings is 2. The fourth-order valence-electron chi connectivity index (χ4n) is 3.58. The Balaban J connectivity index is 2.16. The molecule has 5 nitrogen and oxygen atoms in total. The van der Waals surface area contributed by atoms with E-state index in [1.165, 1.54) is 0 Å². The minimum Gasteiger partial charge on any atom is -0.343 e. The number of hydrogen-bond donors (Lipinski definition) is 0. The van der Waals surface area contributed by atoms with Gasteiger partial charge in [-0.05, 0) is 54.8 Å². The number of aromatic nitrogens is 1. The Kier molecular flexibility index (Phi) is 5.52. The molecule has 1 heterocycles. The molecular weight excluding hydrogens is 360 g/mol. The van der Waals surface area contributed by atoms with Crippen LogP contribution >= 0.6 is 0 Å². The van der Waals surface area contributed by atoms with Crippen molar-refractivity contribution in [3.8, 4) is 23.3 Å². The molecule has 0 radical (unpaired) electrons. The number of amides is 1. The number of nitrogens with zero attached hydrogens (tertiary/aromatic N) is 4. The Bertz CT molecular complexity index is 1140. The summed E-state index contributed by atoms with van der Waals surface area (Å²) in [5.74, 6) is -0.0564. The molecule has 144 valence electrons. The van der Waals surface area contributed by atoms with Crippen LogP contribution in [0.2, 0.25) is 0 Å². The van der Waals surface area contributed by atoms with E-state index in [1.54, 1.807) is 43.3 Å². The molecule has 0 N–H and O–H groups in total. The summed E-state index contributed by atoms with van der Waals surface area (Å²) in [5, 5.41) is 18.1. The van der Waals surface area contributed by atoms with E-state index in [1.807, 2.05) is 42.7 Å². The third-order valence-electron chi connectivity index (χ3n) is 5.10. The molecule has 1 amide bonds. The Hall–Kier alpha value is -3.83. The molecule has 0 aliphatic heterocycles. The van der Waals surface area contributed by atoms with E-state index in [9.17, 15) is 4.79 Å². The first kappa shape index (κ1) is 19.9. The van der Waals surface area contributed by atoms with E-state index < -0.39 is 0 Å². The Morgan fingerprint density at radius 2 is 1.45 bits per heavy atom. The summed E-state index contributed by atoms with van der Waals surface area (Å²) < 4.78 is 2.03. The average molecular weight is 382 g/mol. The van der Waals surface area contributed by atoms with Crippen molar-refractivity contribution in [1.82, 2.24) is 9.47 Å². The second kappa shape index (κ2) is 8.04. The normalized spacial score (nSPS) is 10.3. The highest BCUT2D eigenvalue weighted by atomic mass is 16.2. The first-order valence-electron chi connectivity index (χ1n) is 9.28. The highest BCUT2D eigenvalue weighted by Crippen LogP contribution is 2.33. The van der Waals surface area contributed by atoms with Crippen molar-refractivity contribution in [1.29, 1.82) is 10.5 Å². The highest BCUT2D eigenvalue weighted by Gasteiger charge is 2.24. The Morgan fingerprint density at radius 3 is 1.93 bits per heavy atom. The van der Waals surface area contributed by atoms with Gasteiger partial charge in [0, 0.05) is 31.9 Å². The molecular formula is C24H22N4O. The number of hydrogen-bond acceptors (Lipinski definition) is 3. The first-order chi connectivity index (χ1) is 13.9. The summed E-state index contributed by atoms with van der Waals surface area (Å²) in [6.07, 6.45) is 0. The van der Waals surface area contributed by atoms with Gasteiger partial charge in [-0.1, -0.05) is 24.3 Å². The molecule has 3 rings (SSSR count). The second-order valence-corrected chi connectivity index (χ2v) is 7.22. The van der Waals surface area contributed by atoms with E-state index >= 15 is 0 Å². The van der Waals surface area contributed by atoms with Gasteiger partial charge in [-0.15, -0.1) is 0 Å². The smallest absolute Gasteiger partial charge is 0.270 e. The zero-order chi connectivity index (χ0) is 21.1. The van der Waals surface area contributed by atoms with Crippen LogP contribution in [0.15, 0.2) is 48.5 Å². The van der Waals surface area contributed by atoms with Crippen molar-refractivity contribution in [2.75, 3.05) is 14.1 Å². The maximum Gasteiger partial charge on any atom is 0.270 e. The van der Waals surface area contributed by atoms with Crippen LogP contribution in [0.1, 0.15) is 38.4 Å². The van der Waals surface area contributed by atoms with Crippen LogP contribution in [0, 0.1) is 36.5 Å².